The van der Waals surface area contributed by atoms with Gasteiger partial charge in [-0.2, -0.15) is 0 Å². The summed E-state index contributed by atoms with van der Waals surface area (Å²) < 4.78 is 19.5. The molecule has 0 aromatic heterocycles. The summed E-state index contributed by atoms with van der Waals surface area (Å²) in [5, 5.41) is 3.10. The normalized spacial score (nSPS) is 40.9. The Labute approximate surface area is 263 Å². The summed E-state index contributed by atoms with van der Waals surface area (Å²) >= 11 is 0. The highest BCUT2D eigenvalue weighted by Gasteiger charge is 2.71. The lowest BCUT2D eigenvalue weighted by molar-refractivity contribution is -0.232. The monoisotopic (exact) mass is 605 g/mol. The highest BCUT2D eigenvalue weighted by atomic mass is 19.1. The van der Waals surface area contributed by atoms with Crippen molar-refractivity contribution in [1.29, 1.82) is 0 Å². The van der Waals surface area contributed by atoms with Crippen molar-refractivity contribution in [1.82, 2.24) is 0 Å². The summed E-state index contributed by atoms with van der Waals surface area (Å²) in [6.45, 7) is 17.9. The van der Waals surface area contributed by atoms with E-state index in [-0.39, 0.29) is 69.5 Å². The van der Waals surface area contributed by atoms with Crippen molar-refractivity contribution in [2.24, 2.45) is 50.7 Å². The van der Waals surface area contributed by atoms with Crippen LogP contribution in [0, 0.1) is 56.6 Å². The number of carbonyl (C=O) groups is 3. The van der Waals surface area contributed by atoms with Gasteiger partial charge in [-0.15, -0.1) is 0 Å². The molecule has 0 aliphatic heterocycles. The SMILES string of the molecule is CC(=O)O[C@H]1CC[C@@]2(C)C(CC[C@]3(C)C2CCC2C4=C(C(C)C)C(=O)C[C@]4(C(=O)Nc4ccc(F)cc4)CC[C@]23C)C1(C)C. The number of allylic oxidation sites excluding steroid dienone is 1. The van der Waals surface area contributed by atoms with E-state index in [0.29, 0.717) is 23.9 Å². The van der Waals surface area contributed by atoms with Gasteiger partial charge in [-0.1, -0.05) is 48.5 Å². The predicted octanol–water partition coefficient (Wildman–Crippen LogP) is 8.68. The van der Waals surface area contributed by atoms with Crippen LogP contribution in [-0.2, 0) is 19.1 Å². The topological polar surface area (TPSA) is 72.5 Å². The Bertz CT molecular complexity index is 1410. The first-order chi connectivity index (χ1) is 20.5. The highest BCUT2D eigenvalue weighted by molar-refractivity contribution is 6.10. The number of hydrogen-bond donors (Lipinski definition) is 1. The Morgan fingerprint density at radius 2 is 1.57 bits per heavy atom. The quantitative estimate of drug-likeness (QED) is 0.349. The van der Waals surface area contributed by atoms with Crippen LogP contribution < -0.4 is 5.32 Å². The molecule has 1 aromatic carbocycles. The molecule has 4 saturated carbocycles. The number of halogens is 1. The summed E-state index contributed by atoms with van der Waals surface area (Å²) in [6.07, 6.45) is 7.98. The molecular weight excluding hydrogens is 553 g/mol. The van der Waals surface area contributed by atoms with Crippen molar-refractivity contribution in [2.45, 2.75) is 119 Å². The van der Waals surface area contributed by atoms with Gasteiger partial charge in [-0.05, 0) is 127 Å². The van der Waals surface area contributed by atoms with Gasteiger partial charge in [0.1, 0.15) is 11.9 Å². The molecule has 1 aromatic rings. The van der Waals surface area contributed by atoms with Gasteiger partial charge in [0.2, 0.25) is 5.91 Å². The minimum atomic E-state index is -0.844. The summed E-state index contributed by atoms with van der Waals surface area (Å²) in [6, 6.07) is 5.93. The molecule has 0 heterocycles. The fraction of sp³-hybridized carbons (Fsp3) is 0.711. The Morgan fingerprint density at radius 1 is 0.886 bits per heavy atom. The summed E-state index contributed by atoms with van der Waals surface area (Å²) in [5.41, 5.74) is 1.80. The fourth-order valence-corrected chi connectivity index (χ4v) is 12.1. The molecule has 5 aliphatic carbocycles. The third-order valence-corrected chi connectivity index (χ3v) is 14.2. The van der Waals surface area contributed by atoms with Crippen LogP contribution in [0.25, 0.3) is 0 Å². The van der Waals surface area contributed by atoms with Crippen LogP contribution in [-0.4, -0.2) is 23.8 Å². The number of esters is 1. The fourth-order valence-electron chi connectivity index (χ4n) is 12.1. The lowest BCUT2D eigenvalue weighted by Crippen LogP contribution is -2.66. The standard InChI is InChI=1S/C38H52FNO4/c1-22(2)31-27(42)21-38(33(43)40-25-11-9-24(39)10-12-25)20-19-36(7)26(32(31)38)13-14-29-35(6)17-16-30(44-23(3)41)34(4,5)28(35)15-18-37(29,36)8/h9-12,22,26,28-30H,13-21H2,1-8H3,(H,40,43)/t26?,28?,29?,30-,35-,36+,37+,38+/m0/s1. The van der Waals surface area contributed by atoms with Crippen LogP contribution in [0.15, 0.2) is 35.4 Å². The van der Waals surface area contributed by atoms with E-state index in [9.17, 15) is 18.8 Å². The molecule has 4 fully saturated rings. The van der Waals surface area contributed by atoms with Crippen molar-refractivity contribution in [2.75, 3.05) is 5.32 Å². The van der Waals surface area contributed by atoms with E-state index in [1.165, 1.54) is 19.1 Å². The largest absolute Gasteiger partial charge is 0.462 e. The Hall–Kier alpha value is -2.50. The van der Waals surface area contributed by atoms with E-state index in [1.54, 1.807) is 12.1 Å². The molecule has 44 heavy (non-hydrogen) atoms. The molecule has 0 spiro atoms. The first-order valence-electron chi connectivity index (χ1n) is 17.0. The Balaban J connectivity index is 1.38. The van der Waals surface area contributed by atoms with E-state index in [0.717, 1.165) is 56.1 Å². The van der Waals surface area contributed by atoms with Crippen molar-refractivity contribution < 1.29 is 23.5 Å². The van der Waals surface area contributed by atoms with Gasteiger partial charge < -0.3 is 10.1 Å². The second kappa shape index (κ2) is 10.3. The van der Waals surface area contributed by atoms with E-state index in [2.05, 4.69) is 53.8 Å². The zero-order valence-electron chi connectivity index (χ0n) is 28.1. The molecule has 8 atom stereocenters. The van der Waals surface area contributed by atoms with E-state index >= 15 is 0 Å². The number of nitrogens with one attached hydrogen (secondary N) is 1. The zero-order valence-corrected chi connectivity index (χ0v) is 28.1. The van der Waals surface area contributed by atoms with Crippen molar-refractivity contribution in [3.05, 3.63) is 41.2 Å². The minimum Gasteiger partial charge on any atom is -0.462 e. The van der Waals surface area contributed by atoms with Gasteiger partial charge in [0, 0.05) is 24.4 Å². The van der Waals surface area contributed by atoms with E-state index < -0.39 is 5.41 Å². The molecule has 3 unspecified atom stereocenters. The van der Waals surface area contributed by atoms with Crippen LogP contribution >= 0.6 is 0 Å². The van der Waals surface area contributed by atoms with Gasteiger partial charge >= 0.3 is 5.97 Å². The third-order valence-electron chi connectivity index (χ3n) is 14.2. The number of ketones is 1. The smallest absolute Gasteiger partial charge is 0.302 e. The first-order valence-corrected chi connectivity index (χ1v) is 17.0. The Kier molecular flexibility index (Phi) is 7.34. The van der Waals surface area contributed by atoms with Crippen molar-refractivity contribution in [3.8, 4) is 0 Å². The minimum absolute atomic E-state index is 0.0411. The van der Waals surface area contributed by atoms with E-state index in [4.69, 9.17) is 4.74 Å². The molecule has 240 valence electrons. The molecule has 0 radical (unpaired) electrons. The third kappa shape index (κ3) is 4.24. The average Bonchev–Trinajstić information content (AvgIpc) is 3.25. The molecule has 5 nitrogen and oxygen atoms in total. The van der Waals surface area contributed by atoms with Gasteiger partial charge in [0.15, 0.2) is 5.78 Å². The van der Waals surface area contributed by atoms with E-state index in [1.807, 2.05) is 0 Å². The summed E-state index contributed by atoms with van der Waals surface area (Å²) in [5.74, 6) is 0.699. The molecule has 1 N–H and O–H groups in total. The molecule has 0 bridgehead atoms. The van der Waals surface area contributed by atoms with Crippen LogP contribution in [0.5, 0.6) is 0 Å². The molecular formula is C38H52FNO4. The van der Waals surface area contributed by atoms with Gasteiger partial charge in [0.25, 0.3) is 0 Å². The summed E-state index contributed by atoms with van der Waals surface area (Å²) in [7, 11) is 0. The number of benzene rings is 1. The zero-order chi connectivity index (χ0) is 32.0. The molecule has 0 saturated heterocycles. The Morgan fingerprint density at radius 3 is 2.20 bits per heavy atom. The van der Waals surface area contributed by atoms with Gasteiger partial charge in [-0.3, -0.25) is 14.4 Å². The number of Topliss-reactive ketones (excluding diaryl/α,β-unsaturated/α-hetero) is 1. The van der Waals surface area contributed by atoms with Crippen LogP contribution in [0.3, 0.4) is 0 Å². The van der Waals surface area contributed by atoms with Crippen LogP contribution in [0.4, 0.5) is 10.1 Å². The number of fused-ring (bicyclic) bond motifs is 7. The number of hydrogen-bond acceptors (Lipinski definition) is 4. The molecule has 1 amide bonds. The first kappa shape index (κ1) is 31.5. The number of rotatable bonds is 4. The van der Waals surface area contributed by atoms with Gasteiger partial charge in [-0.25, -0.2) is 4.39 Å². The number of carbonyl (C=O) groups excluding carboxylic acids is 3. The van der Waals surface area contributed by atoms with Crippen LogP contribution in [0.1, 0.15) is 113 Å². The van der Waals surface area contributed by atoms with Gasteiger partial charge in [0.05, 0.1) is 5.41 Å². The maximum absolute atomic E-state index is 14.3. The van der Waals surface area contributed by atoms with Crippen molar-refractivity contribution >= 4 is 23.3 Å². The summed E-state index contributed by atoms with van der Waals surface area (Å²) in [4.78, 5) is 40.1. The lowest BCUT2D eigenvalue weighted by atomic mass is 9.33. The molecule has 6 heteroatoms. The lowest BCUT2D eigenvalue weighted by Gasteiger charge is -2.72. The second-order valence-electron chi connectivity index (χ2n) is 16.7. The molecule has 5 aliphatic rings. The predicted molar refractivity (Wildman–Crippen MR) is 170 cm³/mol. The highest BCUT2D eigenvalue weighted by Crippen LogP contribution is 2.76. The average molecular weight is 606 g/mol. The van der Waals surface area contributed by atoms with Crippen LogP contribution in [0.2, 0.25) is 0 Å². The molecule has 6 rings (SSSR count). The number of ether oxygens (including phenoxy) is 1. The van der Waals surface area contributed by atoms with Crippen molar-refractivity contribution in [3.63, 3.8) is 0 Å². The second-order valence-corrected chi connectivity index (χ2v) is 16.7. The maximum atomic E-state index is 14.3. The number of amides is 1. The number of anilines is 1. The maximum Gasteiger partial charge on any atom is 0.302 e.